The van der Waals surface area contributed by atoms with Gasteiger partial charge in [0.15, 0.2) is 5.78 Å². The van der Waals surface area contributed by atoms with Crippen LogP contribution in [0.15, 0.2) is 42.0 Å². The van der Waals surface area contributed by atoms with E-state index in [9.17, 15) is 14.4 Å². The molecule has 7 atom stereocenters. The Balaban J connectivity index is 1.30. The van der Waals surface area contributed by atoms with Crippen molar-refractivity contribution in [3.8, 4) is 0 Å². The van der Waals surface area contributed by atoms with Crippen LogP contribution in [0.4, 0.5) is 0 Å². The molecule has 1 aromatic rings. The first-order valence-electron chi connectivity index (χ1n) is 14.5. The van der Waals surface area contributed by atoms with Gasteiger partial charge in [-0.15, -0.1) is 0 Å². The summed E-state index contributed by atoms with van der Waals surface area (Å²) in [5.74, 6) is 1.57. The molecule has 0 aliphatic heterocycles. The molecule has 0 bridgehead atoms. The minimum absolute atomic E-state index is 0.0379. The molecule has 0 aromatic heterocycles. The second-order valence-electron chi connectivity index (χ2n) is 13.1. The first kappa shape index (κ1) is 27.1. The number of likely N-dealkylation sites (N-methyl/N-ethyl adjacent to an activating group) is 1. The van der Waals surface area contributed by atoms with E-state index in [2.05, 4.69) is 19.2 Å². The fourth-order valence-corrected chi connectivity index (χ4v) is 8.50. The SMILES string of the molecule is CN(C)CC(=O)N[C@@H](Cc1ccccc1)C(=O)O[C@H]1CC[C@H]2[C@@H]3CCC4=CC(=O)CC[C@]4(C)[C@H]3CC[C@]12C. The molecule has 0 radical (unpaired) electrons. The van der Waals surface area contributed by atoms with E-state index in [1.165, 1.54) is 5.57 Å². The van der Waals surface area contributed by atoms with E-state index in [0.717, 1.165) is 50.5 Å². The number of nitrogens with one attached hydrogen (secondary N) is 1. The van der Waals surface area contributed by atoms with Crippen molar-refractivity contribution in [3.63, 3.8) is 0 Å². The largest absolute Gasteiger partial charge is 0.460 e. The maximum atomic E-state index is 13.6. The summed E-state index contributed by atoms with van der Waals surface area (Å²) in [5, 5.41) is 2.95. The third kappa shape index (κ3) is 5.09. The maximum Gasteiger partial charge on any atom is 0.329 e. The van der Waals surface area contributed by atoms with Gasteiger partial charge in [0.1, 0.15) is 12.1 Å². The number of allylic oxidation sites excluding steroid dienone is 1. The second kappa shape index (κ2) is 10.6. The molecule has 0 unspecified atom stereocenters. The monoisotopic (exact) mass is 520 g/mol. The number of carbonyl (C=O) groups excluding carboxylic acids is 3. The molecule has 6 nitrogen and oxygen atoms in total. The van der Waals surface area contributed by atoms with Crippen molar-refractivity contribution in [2.24, 2.45) is 28.6 Å². The van der Waals surface area contributed by atoms with Crippen LogP contribution in [0.5, 0.6) is 0 Å². The van der Waals surface area contributed by atoms with Crippen molar-refractivity contribution in [2.45, 2.75) is 83.8 Å². The quantitative estimate of drug-likeness (QED) is 0.527. The Hall–Kier alpha value is -2.47. The second-order valence-corrected chi connectivity index (χ2v) is 13.1. The van der Waals surface area contributed by atoms with Crippen LogP contribution in [0.2, 0.25) is 0 Å². The van der Waals surface area contributed by atoms with Gasteiger partial charge in [-0.1, -0.05) is 49.8 Å². The summed E-state index contributed by atoms with van der Waals surface area (Å²) in [6, 6.07) is 9.12. The molecule has 0 spiro atoms. The number of hydrogen-bond acceptors (Lipinski definition) is 5. The number of ketones is 1. The van der Waals surface area contributed by atoms with Gasteiger partial charge in [0.25, 0.3) is 0 Å². The first-order valence-corrected chi connectivity index (χ1v) is 14.5. The number of benzene rings is 1. The summed E-state index contributed by atoms with van der Waals surface area (Å²) in [4.78, 5) is 40.2. The Morgan fingerprint density at radius 3 is 2.53 bits per heavy atom. The van der Waals surface area contributed by atoms with Gasteiger partial charge in [-0.3, -0.25) is 9.59 Å². The Labute approximate surface area is 227 Å². The summed E-state index contributed by atoms with van der Waals surface area (Å²) < 4.78 is 6.33. The average Bonchev–Trinajstić information content (AvgIpc) is 3.20. The first-order chi connectivity index (χ1) is 18.1. The Bertz CT molecular complexity index is 1100. The van der Waals surface area contributed by atoms with Crippen LogP contribution < -0.4 is 5.32 Å². The van der Waals surface area contributed by atoms with Crippen molar-refractivity contribution >= 4 is 17.7 Å². The van der Waals surface area contributed by atoms with Gasteiger partial charge in [0, 0.05) is 18.3 Å². The van der Waals surface area contributed by atoms with Crippen LogP contribution in [0.3, 0.4) is 0 Å². The van der Waals surface area contributed by atoms with Gasteiger partial charge >= 0.3 is 5.97 Å². The number of ether oxygens (including phenoxy) is 1. The molecule has 4 aliphatic carbocycles. The summed E-state index contributed by atoms with van der Waals surface area (Å²) in [6.07, 6.45) is 10.2. The zero-order valence-electron chi connectivity index (χ0n) is 23.5. The molecule has 6 heteroatoms. The molecule has 1 N–H and O–H groups in total. The predicted molar refractivity (Wildman–Crippen MR) is 147 cm³/mol. The van der Waals surface area contributed by atoms with E-state index in [1.54, 1.807) is 4.90 Å². The van der Waals surface area contributed by atoms with Gasteiger partial charge in [-0.25, -0.2) is 4.79 Å². The lowest BCUT2D eigenvalue weighted by Gasteiger charge is -2.57. The molecule has 0 saturated heterocycles. The van der Waals surface area contributed by atoms with Gasteiger partial charge in [-0.05, 0) is 93.8 Å². The molecule has 38 heavy (non-hydrogen) atoms. The Kier molecular flexibility index (Phi) is 7.56. The lowest BCUT2D eigenvalue weighted by atomic mass is 9.47. The number of esters is 1. The molecular weight excluding hydrogens is 476 g/mol. The minimum Gasteiger partial charge on any atom is -0.460 e. The van der Waals surface area contributed by atoms with Crippen LogP contribution in [-0.2, 0) is 25.5 Å². The van der Waals surface area contributed by atoms with E-state index in [4.69, 9.17) is 4.74 Å². The van der Waals surface area contributed by atoms with Gasteiger partial charge in [0.05, 0.1) is 6.54 Å². The van der Waals surface area contributed by atoms with E-state index in [-0.39, 0.29) is 35.4 Å². The predicted octanol–water partition coefficient (Wildman–Crippen LogP) is 4.72. The number of amides is 1. The number of fused-ring (bicyclic) bond motifs is 5. The number of hydrogen-bond donors (Lipinski definition) is 1. The summed E-state index contributed by atoms with van der Waals surface area (Å²) in [5.41, 5.74) is 2.49. The highest BCUT2D eigenvalue weighted by atomic mass is 16.5. The Morgan fingerprint density at radius 2 is 1.79 bits per heavy atom. The zero-order chi connectivity index (χ0) is 27.1. The lowest BCUT2D eigenvalue weighted by molar-refractivity contribution is -0.163. The fourth-order valence-electron chi connectivity index (χ4n) is 8.50. The van der Waals surface area contributed by atoms with E-state index >= 15 is 0 Å². The summed E-state index contributed by atoms with van der Waals surface area (Å²) in [6.45, 7) is 4.97. The molecule has 5 rings (SSSR count). The van der Waals surface area contributed by atoms with Crippen LogP contribution in [0.1, 0.15) is 70.8 Å². The number of carbonyl (C=O) groups is 3. The maximum absolute atomic E-state index is 13.6. The molecule has 3 saturated carbocycles. The minimum atomic E-state index is -0.704. The fraction of sp³-hybridized carbons (Fsp3) is 0.656. The standard InChI is InChI=1S/C32H44N2O4/c1-31-16-14-23(35)19-22(31)10-11-24-25-12-13-28(32(25,2)17-15-26(24)31)38-30(37)27(33-29(36)20-34(3)4)18-21-8-6-5-7-9-21/h5-9,19,24-28H,10-18,20H2,1-4H3,(H,33,36)/t24-,25-,26-,27-,28-,31-,32-/m0/s1. The third-order valence-electron chi connectivity index (χ3n) is 10.5. The van der Waals surface area contributed by atoms with Crippen LogP contribution in [0.25, 0.3) is 0 Å². The third-order valence-corrected chi connectivity index (χ3v) is 10.5. The van der Waals surface area contributed by atoms with Crippen molar-refractivity contribution in [3.05, 3.63) is 47.5 Å². The smallest absolute Gasteiger partial charge is 0.329 e. The van der Waals surface area contributed by atoms with Crippen molar-refractivity contribution < 1.29 is 19.1 Å². The van der Waals surface area contributed by atoms with Crippen LogP contribution >= 0.6 is 0 Å². The molecule has 3 fully saturated rings. The highest BCUT2D eigenvalue weighted by Gasteiger charge is 2.60. The zero-order valence-corrected chi connectivity index (χ0v) is 23.5. The number of nitrogens with zero attached hydrogens (tertiary/aromatic N) is 1. The van der Waals surface area contributed by atoms with E-state index < -0.39 is 6.04 Å². The summed E-state index contributed by atoms with van der Waals surface area (Å²) in [7, 11) is 3.69. The highest BCUT2D eigenvalue weighted by Crippen LogP contribution is 2.65. The topological polar surface area (TPSA) is 75.7 Å². The van der Waals surface area contributed by atoms with E-state index in [0.29, 0.717) is 36.4 Å². The summed E-state index contributed by atoms with van der Waals surface area (Å²) >= 11 is 0. The van der Waals surface area contributed by atoms with Crippen LogP contribution in [-0.4, -0.2) is 55.3 Å². The van der Waals surface area contributed by atoms with Crippen molar-refractivity contribution in [2.75, 3.05) is 20.6 Å². The van der Waals surface area contributed by atoms with E-state index in [1.807, 2.05) is 50.5 Å². The molecular formula is C32H44N2O4. The van der Waals surface area contributed by atoms with Gasteiger partial charge in [0.2, 0.25) is 5.91 Å². The normalized spacial score (nSPS) is 35.0. The van der Waals surface area contributed by atoms with Crippen molar-refractivity contribution in [1.82, 2.24) is 10.2 Å². The molecule has 1 aromatic carbocycles. The lowest BCUT2D eigenvalue weighted by Crippen LogP contribution is -2.52. The highest BCUT2D eigenvalue weighted by molar-refractivity contribution is 5.91. The molecule has 206 valence electrons. The number of rotatable bonds is 7. The molecule has 1 amide bonds. The Morgan fingerprint density at radius 1 is 1.03 bits per heavy atom. The average molecular weight is 521 g/mol. The van der Waals surface area contributed by atoms with Gasteiger partial charge < -0.3 is 15.0 Å². The molecule has 4 aliphatic rings. The van der Waals surface area contributed by atoms with Crippen LogP contribution in [0, 0.1) is 28.6 Å². The molecule has 0 heterocycles. The van der Waals surface area contributed by atoms with Crippen molar-refractivity contribution in [1.29, 1.82) is 0 Å². The van der Waals surface area contributed by atoms with Gasteiger partial charge in [-0.2, -0.15) is 0 Å².